The highest BCUT2D eigenvalue weighted by Gasteiger charge is 2.20. The molecule has 1 saturated heterocycles. The van der Waals surface area contributed by atoms with Crippen LogP contribution in [0, 0.1) is 0 Å². The summed E-state index contributed by atoms with van der Waals surface area (Å²) in [6.07, 6.45) is 8.95. The Morgan fingerprint density at radius 3 is 2.67 bits per heavy atom. The van der Waals surface area contributed by atoms with E-state index in [0.717, 1.165) is 6.42 Å². The van der Waals surface area contributed by atoms with E-state index in [2.05, 4.69) is 6.92 Å². The molecule has 1 N–H and O–H groups in total. The average Bonchev–Trinajstić information content (AvgIpc) is 2.25. The van der Waals surface area contributed by atoms with E-state index in [1.165, 1.54) is 43.6 Å². The molecule has 0 radical (unpaired) electrons. The molecule has 0 aromatic carbocycles. The molecule has 1 atom stereocenters. The molecule has 1 rings (SSSR count). The van der Waals surface area contributed by atoms with Gasteiger partial charge in [-0.25, -0.2) is 0 Å². The fraction of sp³-hybridized carbons (Fsp3) is 1.00. The summed E-state index contributed by atoms with van der Waals surface area (Å²) in [5.74, 6) is 0. The zero-order valence-corrected chi connectivity index (χ0v) is 9.95. The van der Waals surface area contributed by atoms with E-state index >= 15 is 0 Å². The summed E-state index contributed by atoms with van der Waals surface area (Å²) < 4.78 is 5.35. The number of ether oxygens (including phenoxy) is 1. The van der Waals surface area contributed by atoms with E-state index in [4.69, 9.17) is 4.74 Å². The van der Waals surface area contributed by atoms with Crippen molar-refractivity contribution in [3.8, 4) is 0 Å². The van der Waals surface area contributed by atoms with Crippen LogP contribution in [0.1, 0.15) is 51.9 Å². The molecule has 0 amide bonds. The van der Waals surface area contributed by atoms with Crippen LogP contribution in [0.2, 0.25) is 0 Å². The molecular formula is C12H25NO2. The van der Waals surface area contributed by atoms with Gasteiger partial charge >= 0.3 is 0 Å². The maximum Gasteiger partial charge on any atom is 0.0645 e. The minimum absolute atomic E-state index is 0.241. The van der Waals surface area contributed by atoms with Gasteiger partial charge < -0.3 is 9.94 Å². The molecule has 0 saturated carbocycles. The third-order valence-corrected chi connectivity index (χ3v) is 3.09. The molecule has 1 unspecified atom stereocenters. The lowest BCUT2D eigenvalue weighted by Gasteiger charge is -2.30. The van der Waals surface area contributed by atoms with E-state index in [0.29, 0.717) is 19.8 Å². The molecule has 1 heterocycles. The second-order valence-corrected chi connectivity index (χ2v) is 4.45. The number of hydroxylamine groups is 2. The lowest BCUT2D eigenvalue weighted by molar-refractivity contribution is -0.182. The highest BCUT2D eigenvalue weighted by Crippen LogP contribution is 2.13. The van der Waals surface area contributed by atoms with Gasteiger partial charge in [-0.1, -0.05) is 45.4 Å². The highest BCUT2D eigenvalue weighted by atomic mass is 16.5. The summed E-state index contributed by atoms with van der Waals surface area (Å²) >= 11 is 0. The number of morpholine rings is 1. The van der Waals surface area contributed by atoms with E-state index < -0.39 is 0 Å². The third kappa shape index (κ3) is 5.50. The first-order valence-electron chi connectivity index (χ1n) is 6.38. The van der Waals surface area contributed by atoms with Crippen molar-refractivity contribution in [3.05, 3.63) is 0 Å². The minimum Gasteiger partial charge on any atom is -0.378 e. The minimum atomic E-state index is 0.241. The van der Waals surface area contributed by atoms with Gasteiger partial charge in [0.05, 0.1) is 19.3 Å². The fourth-order valence-corrected chi connectivity index (χ4v) is 2.04. The molecular weight excluding hydrogens is 190 g/mol. The molecule has 3 heteroatoms. The highest BCUT2D eigenvalue weighted by molar-refractivity contribution is 4.68. The quantitative estimate of drug-likeness (QED) is 0.663. The summed E-state index contributed by atoms with van der Waals surface area (Å²) in [4.78, 5) is 0. The Morgan fingerprint density at radius 1 is 1.20 bits per heavy atom. The van der Waals surface area contributed by atoms with Gasteiger partial charge in [-0.05, 0) is 6.42 Å². The van der Waals surface area contributed by atoms with Crippen LogP contribution < -0.4 is 0 Å². The second kappa shape index (κ2) is 8.08. The Labute approximate surface area is 93.4 Å². The summed E-state index contributed by atoms with van der Waals surface area (Å²) in [7, 11) is 0. The van der Waals surface area contributed by atoms with Gasteiger partial charge in [0.2, 0.25) is 0 Å². The summed E-state index contributed by atoms with van der Waals surface area (Å²) in [6, 6.07) is 0.241. The van der Waals surface area contributed by atoms with Crippen LogP contribution in [-0.2, 0) is 4.74 Å². The molecule has 0 aromatic heterocycles. The molecule has 0 bridgehead atoms. The van der Waals surface area contributed by atoms with Crippen LogP contribution in [0.15, 0.2) is 0 Å². The van der Waals surface area contributed by atoms with Crippen LogP contribution in [0.25, 0.3) is 0 Å². The Hall–Kier alpha value is -0.120. The molecule has 1 aliphatic rings. The van der Waals surface area contributed by atoms with Crippen LogP contribution in [0.5, 0.6) is 0 Å². The lowest BCUT2D eigenvalue weighted by atomic mass is 10.1. The van der Waals surface area contributed by atoms with Crippen molar-refractivity contribution >= 4 is 0 Å². The zero-order chi connectivity index (χ0) is 10.9. The van der Waals surface area contributed by atoms with Crippen molar-refractivity contribution in [1.82, 2.24) is 5.06 Å². The Bertz CT molecular complexity index is 153. The SMILES string of the molecule is CCCCCCCCC1COCCN1O. The van der Waals surface area contributed by atoms with Crippen LogP contribution in [0.4, 0.5) is 0 Å². The number of hydrogen-bond acceptors (Lipinski definition) is 3. The summed E-state index contributed by atoms with van der Waals surface area (Å²) in [5, 5.41) is 11.0. The van der Waals surface area contributed by atoms with Crippen molar-refractivity contribution in [2.24, 2.45) is 0 Å². The molecule has 1 aliphatic heterocycles. The van der Waals surface area contributed by atoms with E-state index in [1.54, 1.807) is 0 Å². The smallest absolute Gasteiger partial charge is 0.0645 e. The first-order valence-corrected chi connectivity index (χ1v) is 6.38. The second-order valence-electron chi connectivity index (χ2n) is 4.45. The first kappa shape index (κ1) is 12.9. The van der Waals surface area contributed by atoms with Gasteiger partial charge in [-0.2, -0.15) is 5.06 Å². The summed E-state index contributed by atoms with van der Waals surface area (Å²) in [5.41, 5.74) is 0. The third-order valence-electron chi connectivity index (χ3n) is 3.09. The van der Waals surface area contributed by atoms with E-state index in [1.807, 2.05) is 0 Å². The molecule has 15 heavy (non-hydrogen) atoms. The number of nitrogens with zero attached hydrogens (tertiary/aromatic N) is 1. The Morgan fingerprint density at radius 2 is 1.93 bits per heavy atom. The summed E-state index contributed by atoms with van der Waals surface area (Å²) in [6.45, 7) is 4.28. The topological polar surface area (TPSA) is 32.7 Å². The zero-order valence-electron chi connectivity index (χ0n) is 9.95. The van der Waals surface area contributed by atoms with E-state index in [9.17, 15) is 5.21 Å². The van der Waals surface area contributed by atoms with Crippen molar-refractivity contribution < 1.29 is 9.94 Å². The fourth-order valence-electron chi connectivity index (χ4n) is 2.04. The van der Waals surface area contributed by atoms with E-state index in [-0.39, 0.29) is 6.04 Å². The average molecular weight is 215 g/mol. The lowest BCUT2D eigenvalue weighted by Crippen LogP contribution is -2.43. The standard InChI is InChI=1S/C12H25NO2/c1-2-3-4-5-6-7-8-12-11-15-10-9-13(12)14/h12,14H,2-11H2,1H3. The number of unbranched alkanes of at least 4 members (excludes halogenated alkanes) is 5. The van der Waals surface area contributed by atoms with Crippen molar-refractivity contribution in [2.75, 3.05) is 19.8 Å². The molecule has 0 spiro atoms. The molecule has 3 nitrogen and oxygen atoms in total. The van der Waals surface area contributed by atoms with Crippen molar-refractivity contribution in [1.29, 1.82) is 0 Å². The van der Waals surface area contributed by atoms with Gasteiger partial charge in [-0.15, -0.1) is 0 Å². The largest absolute Gasteiger partial charge is 0.378 e. The molecule has 0 aromatic rings. The maximum absolute atomic E-state index is 9.56. The van der Waals surface area contributed by atoms with Gasteiger partial charge in [0.1, 0.15) is 0 Å². The van der Waals surface area contributed by atoms with Crippen molar-refractivity contribution in [2.45, 2.75) is 57.9 Å². The van der Waals surface area contributed by atoms with Gasteiger partial charge in [0.25, 0.3) is 0 Å². The van der Waals surface area contributed by atoms with Crippen molar-refractivity contribution in [3.63, 3.8) is 0 Å². The molecule has 90 valence electrons. The number of rotatable bonds is 7. The van der Waals surface area contributed by atoms with Crippen LogP contribution >= 0.6 is 0 Å². The Kier molecular flexibility index (Phi) is 6.98. The Balaban J connectivity index is 1.94. The van der Waals surface area contributed by atoms with Crippen LogP contribution in [-0.4, -0.2) is 36.1 Å². The predicted molar refractivity (Wildman–Crippen MR) is 61.1 cm³/mol. The van der Waals surface area contributed by atoms with Crippen LogP contribution in [0.3, 0.4) is 0 Å². The normalized spacial score (nSPS) is 23.2. The predicted octanol–water partition coefficient (Wildman–Crippen LogP) is 2.83. The number of hydrogen-bond donors (Lipinski definition) is 1. The van der Waals surface area contributed by atoms with Gasteiger partial charge in [-0.3, -0.25) is 0 Å². The van der Waals surface area contributed by atoms with Gasteiger partial charge in [0, 0.05) is 6.54 Å². The monoisotopic (exact) mass is 215 g/mol. The maximum atomic E-state index is 9.56. The molecule has 1 fully saturated rings. The molecule has 0 aliphatic carbocycles. The van der Waals surface area contributed by atoms with Gasteiger partial charge in [0.15, 0.2) is 0 Å². The first-order chi connectivity index (χ1) is 7.34.